The number of aromatic carboxylic acids is 1. The molecule has 0 aliphatic carbocycles. The van der Waals surface area contributed by atoms with Crippen molar-refractivity contribution in [3.63, 3.8) is 0 Å². The molecule has 0 radical (unpaired) electrons. The molecule has 0 spiro atoms. The lowest BCUT2D eigenvalue weighted by Gasteiger charge is -2.04. The zero-order chi connectivity index (χ0) is 12.8. The van der Waals surface area contributed by atoms with Gasteiger partial charge in [-0.25, -0.2) is 9.78 Å². The van der Waals surface area contributed by atoms with E-state index < -0.39 is 22.7 Å². The predicted octanol–water partition coefficient (Wildman–Crippen LogP) is -0.112. The first-order valence-corrected chi connectivity index (χ1v) is 6.51. The third-order valence-corrected chi connectivity index (χ3v) is 2.70. The fourth-order valence-electron chi connectivity index (χ4n) is 1.10. The molecular weight excluding hydrogens is 244 g/mol. The lowest BCUT2D eigenvalue weighted by Crippen LogP contribution is -2.27. The molecule has 1 heterocycles. The van der Waals surface area contributed by atoms with E-state index in [-0.39, 0.29) is 17.8 Å². The number of aromatic nitrogens is 1. The van der Waals surface area contributed by atoms with Gasteiger partial charge in [-0.05, 0) is 12.1 Å². The van der Waals surface area contributed by atoms with Crippen LogP contribution in [0.5, 0.6) is 0 Å². The van der Waals surface area contributed by atoms with E-state index in [0.717, 1.165) is 0 Å². The van der Waals surface area contributed by atoms with Gasteiger partial charge in [0.1, 0.15) is 5.69 Å². The van der Waals surface area contributed by atoms with Crippen LogP contribution in [-0.2, 0) is 10.8 Å². The quantitative estimate of drug-likeness (QED) is 0.766. The summed E-state index contributed by atoms with van der Waals surface area (Å²) in [6.45, 7) is 0.284. The van der Waals surface area contributed by atoms with Gasteiger partial charge in [-0.15, -0.1) is 0 Å². The summed E-state index contributed by atoms with van der Waals surface area (Å²) >= 11 is 0. The van der Waals surface area contributed by atoms with E-state index in [9.17, 15) is 13.8 Å². The van der Waals surface area contributed by atoms with Crippen LogP contribution >= 0.6 is 0 Å². The number of nitrogens with zero attached hydrogens (tertiary/aromatic N) is 1. The van der Waals surface area contributed by atoms with Crippen LogP contribution in [0, 0.1) is 0 Å². The van der Waals surface area contributed by atoms with Crippen molar-refractivity contribution in [1.29, 1.82) is 0 Å². The summed E-state index contributed by atoms with van der Waals surface area (Å²) < 4.78 is 10.8. The Morgan fingerprint density at radius 2 is 2.24 bits per heavy atom. The van der Waals surface area contributed by atoms with Crippen LogP contribution in [0.2, 0.25) is 0 Å². The van der Waals surface area contributed by atoms with Gasteiger partial charge in [0.05, 0.1) is 0 Å². The number of carbonyl (C=O) groups is 2. The van der Waals surface area contributed by atoms with Gasteiger partial charge in [0.25, 0.3) is 5.91 Å². The molecule has 0 bridgehead atoms. The van der Waals surface area contributed by atoms with E-state index in [0.29, 0.717) is 5.75 Å². The number of rotatable bonds is 5. The smallest absolute Gasteiger partial charge is 0.354 e. The fraction of sp³-hybridized carbons (Fsp3) is 0.300. The van der Waals surface area contributed by atoms with Crippen LogP contribution in [0.3, 0.4) is 0 Å². The second kappa shape index (κ2) is 6.09. The van der Waals surface area contributed by atoms with Crippen LogP contribution < -0.4 is 5.32 Å². The van der Waals surface area contributed by atoms with Crippen molar-refractivity contribution in [2.24, 2.45) is 0 Å². The standard InChI is InChI=1S/C10H12N2O4S/c1-17(16)5-4-12-9(13)7-2-3-11-8(6-7)10(14)15/h2-3,6H,4-5H2,1H3,(H,12,13)(H,14,15). The van der Waals surface area contributed by atoms with Crippen LogP contribution in [-0.4, -0.2) is 44.7 Å². The highest BCUT2D eigenvalue weighted by atomic mass is 32.2. The highest BCUT2D eigenvalue weighted by molar-refractivity contribution is 7.84. The van der Waals surface area contributed by atoms with Gasteiger partial charge in [0.15, 0.2) is 0 Å². The van der Waals surface area contributed by atoms with Gasteiger partial charge in [0, 0.05) is 41.1 Å². The lowest BCUT2D eigenvalue weighted by molar-refractivity contribution is 0.0690. The molecule has 0 aromatic carbocycles. The molecule has 2 N–H and O–H groups in total. The monoisotopic (exact) mass is 256 g/mol. The number of nitrogens with one attached hydrogen (secondary N) is 1. The van der Waals surface area contributed by atoms with Crippen molar-refractivity contribution in [3.05, 3.63) is 29.6 Å². The Balaban J connectivity index is 2.65. The largest absolute Gasteiger partial charge is 0.477 e. The molecule has 0 saturated heterocycles. The first-order chi connectivity index (χ1) is 8.00. The molecule has 1 amide bonds. The number of carboxylic acid groups (broad SMARTS) is 1. The van der Waals surface area contributed by atoms with Gasteiger partial charge >= 0.3 is 5.97 Å². The predicted molar refractivity (Wildman–Crippen MR) is 62.5 cm³/mol. The molecule has 1 unspecified atom stereocenters. The summed E-state index contributed by atoms with van der Waals surface area (Å²) in [4.78, 5) is 25.8. The van der Waals surface area contributed by atoms with E-state index in [1.165, 1.54) is 18.3 Å². The number of amides is 1. The first kappa shape index (κ1) is 13.3. The maximum absolute atomic E-state index is 11.6. The molecule has 1 atom stereocenters. The highest BCUT2D eigenvalue weighted by Gasteiger charge is 2.10. The van der Waals surface area contributed by atoms with Crippen molar-refractivity contribution in [2.75, 3.05) is 18.6 Å². The maximum atomic E-state index is 11.6. The first-order valence-electron chi connectivity index (χ1n) is 4.78. The van der Waals surface area contributed by atoms with E-state index in [1.807, 2.05) is 0 Å². The van der Waals surface area contributed by atoms with Gasteiger partial charge in [-0.3, -0.25) is 9.00 Å². The van der Waals surface area contributed by atoms with Crippen LogP contribution in [0.25, 0.3) is 0 Å². The van der Waals surface area contributed by atoms with Crippen LogP contribution in [0.15, 0.2) is 18.3 Å². The zero-order valence-corrected chi connectivity index (χ0v) is 9.99. The highest BCUT2D eigenvalue weighted by Crippen LogP contribution is 2.01. The minimum atomic E-state index is -1.19. The number of hydrogen-bond donors (Lipinski definition) is 2. The van der Waals surface area contributed by atoms with Crippen molar-refractivity contribution in [2.45, 2.75) is 0 Å². The summed E-state index contributed by atoms with van der Waals surface area (Å²) in [5.41, 5.74) is 0.0380. The second-order valence-electron chi connectivity index (χ2n) is 3.27. The molecule has 92 valence electrons. The molecule has 0 fully saturated rings. The van der Waals surface area contributed by atoms with Crippen LogP contribution in [0.1, 0.15) is 20.8 Å². The third-order valence-electron chi connectivity index (χ3n) is 1.92. The van der Waals surface area contributed by atoms with Gasteiger partial charge in [-0.2, -0.15) is 0 Å². The molecule has 1 aromatic heterocycles. The van der Waals surface area contributed by atoms with Crippen molar-refractivity contribution in [1.82, 2.24) is 10.3 Å². The van der Waals surface area contributed by atoms with Crippen molar-refractivity contribution < 1.29 is 18.9 Å². The summed E-state index contributed by atoms with van der Waals surface area (Å²) in [5, 5.41) is 11.2. The Labute approximate surface area is 101 Å². The Bertz CT molecular complexity index is 461. The van der Waals surface area contributed by atoms with Gasteiger partial charge in [-0.1, -0.05) is 0 Å². The second-order valence-corrected chi connectivity index (χ2v) is 4.82. The number of carboxylic acids is 1. The minimum absolute atomic E-state index is 0.184. The van der Waals surface area contributed by atoms with E-state index in [1.54, 1.807) is 6.26 Å². The Hall–Kier alpha value is -1.76. The zero-order valence-electron chi connectivity index (χ0n) is 9.17. The molecule has 6 nitrogen and oxygen atoms in total. The number of pyridine rings is 1. The average molecular weight is 256 g/mol. The third kappa shape index (κ3) is 4.31. The molecule has 0 aliphatic rings. The molecule has 0 aliphatic heterocycles. The average Bonchev–Trinajstić information content (AvgIpc) is 2.28. The molecular formula is C10H12N2O4S. The molecule has 1 aromatic rings. The summed E-state index contributed by atoms with van der Waals surface area (Å²) in [6, 6.07) is 2.62. The van der Waals surface area contributed by atoms with Gasteiger partial charge in [0.2, 0.25) is 0 Å². The van der Waals surface area contributed by atoms with Crippen molar-refractivity contribution >= 4 is 22.7 Å². The molecule has 1 rings (SSSR count). The summed E-state index contributed by atoms with van der Waals surface area (Å²) in [5.74, 6) is -1.22. The lowest BCUT2D eigenvalue weighted by atomic mass is 10.2. The fourth-order valence-corrected chi connectivity index (χ4v) is 1.49. The maximum Gasteiger partial charge on any atom is 0.354 e. The molecule has 0 saturated carbocycles. The normalized spacial score (nSPS) is 11.8. The summed E-state index contributed by atoms with van der Waals surface area (Å²) in [7, 11) is -0.971. The van der Waals surface area contributed by atoms with Gasteiger partial charge < -0.3 is 10.4 Å². The van der Waals surface area contributed by atoms with E-state index >= 15 is 0 Å². The Kier molecular flexibility index (Phi) is 4.77. The van der Waals surface area contributed by atoms with Crippen molar-refractivity contribution in [3.8, 4) is 0 Å². The Morgan fingerprint density at radius 1 is 1.53 bits per heavy atom. The molecule has 17 heavy (non-hydrogen) atoms. The topological polar surface area (TPSA) is 96.4 Å². The van der Waals surface area contributed by atoms with E-state index in [2.05, 4.69) is 10.3 Å². The summed E-state index contributed by atoms with van der Waals surface area (Å²) in [6.07, 6.45) is 2.80. The van der Waals surface area contributed by atoms with Crippen LogP contribution in [0.4, 0.5) is 0 Å². The Morgan fingerprint density at radius 3 is 2.82 bits per heavy atom. The minimum Gasteiger partial charge on any atom is -0.477 e. The molecule has 7 heteroatoms. The van der Waals surface area contributed by atoms with E-state index in [4.69, 9.17) is 5.11 Å². The number of hydrogen-bond acceptors (Lipinski definition) is 4. The number of carbonyl (C=O) groups excluding carboxylic acids is 1. The SMILES string of the molecule is CS(=O)CCNC(=O)c1ccnc(C(=O)O)c1.